The van der Waals surface area contributed by atoms with Crippen LogP contribution in [0, 0.1) is 5.92 Å². The second-order valence-corrected chi connectivity index (χ2v) is 5.99. The van der Waals surface area contributed by atoms with E-state index in [2.05, 4.69) is 0 Å². The fourth-order valence-electron chi connectivity index (χ4n) is 1.47. The molecule has 1 atom stereocenters. The molecule has 0 aromatic carbocycles. The highest BCUT2D eigenvalue weighted by Crippen LogP contribution is 2.39. The number of hydrogen-bond acceptors (Lipinski definition) is 2. The molecule has 0 unspecified atom stereocenters. The Hall–Kier alpha value is 0.1000. The van der Waals surface area contributed by atoms with Gasteiger partial charge >= 0.3 is 0 Å². The summed E-state index contributed by atoms with van der Waals surface area (Å²) in [6.07, 6.45) is -0.317. The average molecular weight is 219 g/mol. The summed E-state index contributed by atoms with van der Waals surface area (Å²) >= 11 is 0. The predicted molar refractivity (Wildman–Crippen MR) is 41.9 cm³/mol. The summed E-state index contributed by atoms with van der Waals surface area (Å²) in [4.78, 5) is 0. The lowest BCUT2D eigenvalue weighted by Gasteiger charge is -2.07. The second kappa shape index (κ2) is 3.10. The quantitative estimate of drug-likeness (QED) is 0.665. The van der Waals surface area contributed by atoms with Gasteiger partial charge in [0, 0.05) is 23.5 Å². The van der Waals surface area contributed by atoms with E-state index in [1.54, 1.807) is 0 Å². The zero-order chi connectivity index (χ0) is 9.41. The summed E-state index contributed by atoms with van der Waals surface area (Å²) in [5.74, 6) is -3.49. The van der Waals surface area contributed by atoms with Crippen molar-refractivity contribution >= 4 is 19.7 Å². The van der Waals surface area contributed by atoms with Crippen LogP contribution >= 0.6 is 10.7 Å². The highest BCUT2D eigenvalue weighted by atomic mass is 35.7. The highest BCUT2D eigenvalue weighted by molar-refractivity contribution is 8.13. The van der Waals surface area contributed by atoms with Gasteiger partial charge in [0.1, 0.15) is 0 Å². The Kier molecular flexibility index (Phi) is 2.63. The van der Waals surface area contributed by atoms with Crippen molar-refractivity contribution in [1.29, 1.82) is 0 Å². The van der Waals surface area contributed by atoms with E-state index < -0.39 is 20.9 Å². The average Bonchev–Trinajstić information content (AvgIpc) is 2.05. The molecule has 0 saturated heterocycles. The van der Waals surface area contributed by atoms with Crippen LogP contribution in [0.1, 0.15) is 19.3 Å². The fraction of sp³-hybridized carbons (Fsp3) is 1.00. The standard InChI is InChI=1S/C6H9ClF2O2S/c7-12(10,11)4-5-1-2-6(8,9)3-5/h5H,1-4H2/t5-/m0/s1. The second-order valence-electron chi connectivity index (χ2n) is 3.17. The van der Waals surface area contributed by atoms with Gasteiger partial charge in [0.15, 0.2) is 0 Å². The van der Waals surface area contributed by atoms with Crippen LogP contribution < -0.4 is 0 Å². The largest absolute Gasteiger partial charge is 0.248 e. The van der Waals surface area contributed by atoms with Crippen molar-refractivity contribution < 1.29 is 17.2 Å². The molecule has 0 N–H and O–H groups in total. The molecule has 2 nitrogen and oxygen atoms in total. The van der Waals surface area contributed by atoms with Gasteiger partial charge in [-0.2, -0.15) is 0 Å². The van der Waals surface area contributed by atoms with Gasteiger partial charge in [-0.1, -0.05) is 0 Å². The SMILES string of the molecule is O=S(=O)(Cl)C[C@H]1CCC(F)(F)C1. The van der Waals surface area contributed by atoms with E-state index in [1.807, 2.05) is 0 Å². The molecule has 0 bridgehead atoms. The van der Waals surface area contributed by atoms with E-state index in [4.69, 9.17) is 10.7 Å². The molecule has 1 fully saturated rings. The van der Waals surface area contributed by atoms with Gasteiger partial charge in [-0.25, -0.2) is 17.2 Å². The van der Waals surface area contributed by atoms with Gasteiger partial charge in [0.05, 0.1) is 5.75 Å². The van der Waals surface area contributed by atoms with Crippen LogP contribution in [-0.4, -0.2) is 20.1 Å². The maximum Gasteiger partial charge on any atom is 0.248 e. The minimum Gasteiger partial charge on any atom is -0.212 e. The Morgan fingerprint density at radius 2 is 2.08 bits per heavy atom. The van der Waals surface area contributed by atoms with Gasteiger partial charge in [-0.05, 0) is 12.3 Å². The first kappa shape index (κ1) is 10.2. The van der Waals surface area contributed by atoms with Crippen LogP contribution in [-0.2, 0) is 9.05 Å². The van der Waals surface area contributed by atoms with Gasteiger partial charge < -0.3 is 0 Å². The molecular weight excluding hydrogens is 210 g/mol. The lowest BCUT2D eigenvalue weighted by Crippen LogP contribution is -2.13. The van der Waals surface area contributed by atoms with Crippen molar-refractivity contribution in [3.8, 4) is 0 Å². The zero-order valence-corrected chi connectivity index (χ0v) is 7.84. The fourth-order valence-corrected chi connectivity index (χ4v) is 2.85. The van der Waals surface area contributed by atoms with Crippen molar-refractivity contribution in [3.63, 3.8) is 0 Å². The van der Waals surface area contributed by atoms with Crippen molar-refractivity contribution in [2.45, 2.75) is 25.2 Å². The molecule has 6 heteroatoms. The third kappa shape index (κ3) is 3.23. The van der Waals surface area contributed by atoms with Gasteiger partial charge in [0.25, 0.3) is 0 Å². The summed E-state index contributed by atoms with van der Waals surface area (Å²) in [5, 5.41) is 0. The third-order valence-corrected chi connectivity index (χ3v) is 3.19. The topological polar surface area (TPSA) is 34.1 Å². The van der Waals surface area contributed by atoms with Crippen LogP contribution in [0.4, 0.5) is 8.78 Å². The number of halogens is 3. The lowest BCUT2D eigenvalue weighted by molar-refractivity contribution is 0.00593. The molecule has 0 aliphatic heterocycles. The molecule has 0 heterocycles. The Bertz CT molecular complexity index is 263. The van der Waals surface area contributed by atoms with E-state index in [0.717, 1.165) is 0 Å². The number of alkyl halides is 2. The predicted octanol–water partition coefficient (Wildman–Crippen LogP) is 1.99. The maximum absolute atomic E-state index is 12.5. The first-order valence-electron chi connectivity index (χ1n) is 3.59. The molecule has 0 amide bonds. The molecule has 0 radical (unpaired) electrons. The number of rotatable bonds is 2. The van der Waals surface area contributed by atoms with Gasteiger partial charge in [-0.3, -0.25) is 0 Å². The Labute approximate surface area is 74.3 Å². The molecular formula is C6H9ClF2O2S. The van der Waals surface area contributed by atoms with E-state index in [1.165, 1.54) is 0 Å². The van der Waals surface area contributed by atoms with Crippen molar-refractivity contribution in [3.05, 3.63) is 0 Å². The van der Waals surface area contributed by atoms with Gasteiger partial charge in [-0.15, -0.1) is 0 Å². The first-order chi connectivity index (χ1) is 5.29. The van der Waals surface area contributed by atoms with Crippen molar-refractivity contribution in [2.75, 3.05) is 5.75 Å². The van der Waals surface area contributed by atoms with Gasteiger partial charge in [0.2, 0.25) is 15.0 Å². The molecule has 0 aromatic heterocycles. The summed E-state index contributed by atoms with van der Waals surface area (Å²) in [7, 11) is 1.31. The molecule has 72 valence electrons. The van der Waals surface area contributed by atoms with Crippen molar-refractivity contribution in [1.82, 2.24) is 0 Å². The van der Waals surface area contributed by atoms with Crippen LogP contribution in [0.25, 0.3) is 0 Å². The zero-order valence-electron chi connectivity index (χ0n) is 6.26. The first-order valence-corrected chi connectivity index (χ1v) is 6.06. The number of hydrogen-bond donors (Lipinski definition) is 0. The lowest BCUT2D eigenvalue weighted by atomic mass is 10.1. The summed E-state index contributed by atoms with van der Waals surface area (Å²) in [5.41, 5.74) is 0. The Morgan fingerprint density at radius 3 is 2.42 bits per heavy atom. The summed E-state index contributed by atoms with van der Waals surface area (Å²) < 4.78 is 46.1. The minimum absolute atomic E-state index is 0.218. The van der Waals surface area contributed by atoms with E-state index in [9.17, 15) is 17.2 Å². The summed E-state index contributed by atoms with van der Waals surface area (Å²) in [6.45, 7) is 0. The summed E-state index contributed by atoms with van der Waals surface area (Å²) in [6, 6.07) is 0. The molecule has 1 aliphatic rings. The van der Waals surface area contributed by atoms with E-state index >= 15 is 0 Å². The normalized spacial score (nSPS) is 29.1. The molecule has 0 spiro atoms. The molecule has 12 heavy (non-hydrogen) atoms. The third-order valence-electron chi connectivity index (χ3n) is 1.94. The van der Waals surface area contributed by atoms with Crippen LogP contribution in [0.3, 0.4) is 0 Å². The van der Waals surface area contributed by atoms with Crippen molar-refractivity contribution in [2.24, 2.45) is 5.92 Å². The minimum atomic E-state index is -3.62. The molecule has 1 aliphatic carbocycles. The maximum atomic E-state index is 12.5. The molecule has 1 rings (SSSR count). The molecule has 1 saturated carbocycles. The van der Waals surface area contributed by atoms with Crippen LogP contribution in [0.2, 0.25) is 0 Å². The van der Waals surface area contributed by atoms with E-state index in [0.29, 0.717) is 0 Å². The Morgan fingerprint density at radius 1 is 1.50 bits per heavy atom. The Balaban J connectivity index is 2.49. The molecule has 0 aromatic rings. The van der Waals surface area contributed by atoms with E-state index in [-0.39, 0.29) is 25.0 Å². The monoisotopic (exact) mass is 218 g/mol. The van der Waals surface area contributed by atoms with Crippen LogP contribution in [0.5, 0.6) is 0 Å². The smallest absolute Gasteiger partial charge is 0.212 e. The van der Waals surface area contributed by atoms with Crippen LogP contribution in [0.15, 0.2) is 0 Å². The highest BCUT2D eigenvalue weighted by Gasteiger charge is 2.40.